The van der Waals surface area contributed by atoms with Crippen LogP contribution in [0.3, 0.4) is 0 Å². The number of rotatable bonds is 6. The molecule has 0 saturated carbocycles. The van der Waals surface area contributed by atoms with Crippen LogP contribution in [-0.4, -0.2) is 13.7 Å². The predicted octanol–water partition coefficient (Wildman–Crippen LogP) is 2.65. The summed E-state index contributed by atoms with van der Waals surface area (Å²) in [6, 6.07) is 15.5. The Balaban J connectivity index is 2.06. The first-order valence-electron chi connectivity index (χ1n) is 6.75. The maximum Gasteiger partial charge on any atom is 0.136 e. The van der Waals surface area contributed by atoms with Crippen molar-refractivity contribution in [1.82, 2.24) is 0 Å². The molecular weight excluding hydrogens is 264 g/mol. The lowest BCUT2D eigenvalue weighted by Gasteiger charge is -2.09. The van der Waals surface area contributed by atoms with E-state index in [9.17, 15) is 0 Å². The second kappa shape index (κ2) is 7.32. The van der Waals surface area contributed by atoms with Crippen LogP contribution >= 0.6 is 0 Å². The number of hydrogen-bond donors (Lipinski definition) is 1. The van der Waals surface area contributed by atoms with E-state index in [1.807, 2.05) is 30.3 Å². The maximum atomic E-state index is 9.07. The number of hydrogen-bond acceptors (Lipinski definition) is 4. The average molecular weight is 282 g/mol. The van der Waals surface area contributed by atoms with Gasteiger partial charge in [-0.1, -0.05) is 18.2 Å². The fourth-order valence-corrected chi connectivity index (χ4v) is 2.06. The third kappa shape index (κ3) is 3.98. The van der Waals surface area contributed by atoms with E-state index < -0.39 is 0 Å². The molecule has 0 atom stereocenters. The van der Waals surface area contributed by atoms with Crippen LogP contribution < -0.4 is 15.2 Å². The standard InChI is InChI=1S/C17H18N2O2/c1-20-17-6-5-14(9-15(17)11-19)12-21-16-4-2-3-13(10-16)7-8-18/h2-6,9-10H,7-8,12,18H2,1H3. The van der Waals surface area contributed by atoms with Gasteiger partial charge in [0, 0.05) is 0 Å². The molecule has 4 heteroatoms. The summed E-state index contributed by atoms with van der Waals surface area (Å²) in [6.07, 6.45) is 0.832. The Morgan fingerprint density at radius 2 is 2.00 bits per heavy atom. The number of nitrogens with two attached hydrogens (primary N) is 1. The van der Waals surface area contributed by atoms with Gasteiger partial charge < -0.3 is 15.2 Å². The Morgan fingerprint density at radius 3 is 2.71 bits per heavy atom. The van der Waals surface area contributed by atoms with Gasteiger partial charge in [-0.25, -0.2) is 0 Å². The largest absolute Gasteiger partial charge is 0.495 e. The summed E-state index contributed by atoms with van der Waals surface area (Å²) < 4.78 is 10.9. The lowest BCUT2D eigenvalue weighted by Crippen LogP contribution is -2.03. The van der Waals surface area contributed by atoms with Gasteiger partial charge in [0.25, 0.3) is 0 Å². The van der Waals surface area contributed by atoms with E-state index >= 15 is 0 Å². The van der Waals surface area contributed by atoms with E-state index in [4.69, 9.17) is 20.5 Å². The molecule has 0 unspecified atom stereocenters. The molecule has 0 amide bonds. The number of nitrogens with zero attached hydrogens (tertiary/aromatic N) is 1. The van der Waals surface area contributed by atoms with Crippen LogP contribution in [0.4, 0.5) is 0 Å². The molecule has 0 radical (unpaired) electrons. The summed E-state index contributed by atoms with van der Waals surface area (Å²) in [5, 5.41) is 9.07. The summed E-state index contributed by atoms with van der Waals surface area (Å²) in [7, 11) is 1.55. The smallest absolute Gasteiger partial charge is 0.136 e. The van der Waals surface area contributed by atoms with Crippen molar-refractivity contribution >= 4 is 0 Å². The minimum atomic E-state index is 0.407. The first-order chi connectivity index (χ1) is 10.3. The molecule has 2 rings (SSSR count). The predicted molar refractivity (Wildman–Crippen MR) is 81.2 cm³/mol. The highest BCUT2D eigenvalue weighted by Gasteiger charge is 2.04. The second-order valence-electron chi connectivity index (χ2n) is 4.62. The molecule has 0 bridgehead atoms. The van der Waals surface area contributed by atoms with Crippen LogP contribution in [0.1, 0.15) is 16.7 Å². The minimum absolute atomic E-state index is 0.407. The second-order valence-corrected chi connectivity index (χ2v) is 4.62. The molecule has 2 aromatic carbocycles. The molecule has 0 aliphatic carbocycles. The molecule has 0 spiro atoms. The minimum Gasteiger partial charge on any atom is -0.495 e. The van der Waals surface area contributed by atoms with E-state index in [0.29, 0.717) is 24.5 Å². The van der Waals surface area contributed by atoms with Gasteiger partial charge in [0.05, 0.1) is 12.7 Å². The zero-order chi connectivity index (χ0) is 15.1. The fourth-order valence-electron chi connectivity index (χ4n) is 2.06. The quantitative estimate of drug-likeness (QED) is 0.884. The molecule has 0 aliphatic rings. The van der Waals surface area contributed by atoms with Crippen LogP contribution in [0.2, 0.25) is 0 Å². The highest BCUT2D eigenvalue weighted by molar-refractivity contribution is 5.45. The zero-order valence-electron chi connectivity index (χ0n) is 12.0. The van der Waals surface area contributed by atoms with Gasteiger partial charge in [-0.15, -0.1) is 0 Å². The van der Waals surface area contributed by atoms with Gasteiger partial charge in [-0.05, 0) is 48.4 Å². The molecular formula is C17H18N2O2. The van der Waals surface area contributed by atoms with Crippen molar-refractivity contribution in [2.45, 2.75) is 13.0 Å². The first kappa shape index (κ1) is 14.9. The van der Waals surface area contributed by atoms with Crippen LogP contribution in [0, 0.1) is 11.3 Å². The van der Waals surface area contributed by atoms with Crippen LogP contribution in [-0.2, 0) is 13.0 Å². The highest BCUT2D eigenvalue weighted by Crippen LogP contribution is 2.20. The van der Waals surface area contributed by atoms with Crippen LogP contribution in [0.15, 0.2) is 42.5 Å². The van der Waals surface area contributed by atoms with Gasteiger partial charge in [-0.3, -0.25) is 0 Å². The van der Waals surface area contributed by atoms with Crippen molar-refractivity contribution in [2.24, 2.45) is 5.73 Å². The van der Waals surface area contributed by atoms with E-state index in [0.717, 1.165) is 23.3 Å². The lowest BCUT2D eigenvalue weighted by atomic mass is 10.1. The van der Waals surface area contributed by atoms with E-state index in [1.165, 1.54) is 0 Å². The molecule has 4 nitrogen and oxygen atoms in total. The van der Waals surface area contributed by atoms with Crippen molar-refractivity contribution in [3.05, 3.63) is 59.2 Å². The van der Waals surface area contributed by atoms with Gasteiger partial charge in [0.15, 0.2) is 0 Å². The van der Waals surface area contributed by atoms with Crippen LogP contribution in [0.25, 0.3) is 0 Å². The summed E-state index contributed by atoms with van der Waals surface area (Å²) >= 11 is 0. The highest BCUT2D eigenvalue weighted by atomic mass is 16.5. The fraction of sp³-hybridized carbons (Fsp3) is 0.235. The summed E-state index contributed by atoms with van der Waals surface area (Å²) in [5.74, 6) is 1.38. The van der Waals surface area contributed by atoms with E-state index in [1.54, 1.807) is 19.2 Å². The molecule has 21 heavy (non-hydrogen) atoms. The Labute approximate surface area is 124 Å². The van der Waals surface area contributed by atoms with Gasteiger partial charge >= 0.3 is 0 Å². The molecule has 108 valence electrons. The average Bonchev–Trinajstić information content (AvgIpc) is 2.53. The third-order valence-corrected chi connectivity index (χ3v) is 3.12. The topological polar surface area (TPSA) is 68.3 Å². The number of nitriles is 1. The van der Waals surface area contributed by atoms with Crippen molar-refractivity contribution in [1.29, 1.82) is 5.26 Å². The van der Waals surface area contributed by atoms with E-state index in [2.05, 4.69) is 6.07 Å². The third-order valence-electron chi connectivity index (χ3n) is 3.12. The Morgan fingerprint density at radius 1 is 1.14 bits per heavy atom. The molecule has 2 N–H and O–H groups in total. The number of benzene rings is 2. The monoisotopic (exact) mass is 282 g/mol. The van der Waals surface area contributed by atoms with Crippen molar-refractivity contribution in [3.63, 3.8) is 0 Å². The molecule has 0 fully saturated rings. The Bertz CT molecular complexity index is 647. The molecule has 2 aromatic rings. The molecule has 0 aliphatic heterocycles. The first-order valence-corrected chi connectivity index (χ1v) is 6.75. The van der Waals surface area contributed by atoms with Gasteiger partial charge in [0.2, 0.25) is 0 Å². The van der Waals surface area contributed by atoms with Gasteiger partial charge in [-0.2, -0.15) is 5.26 Å². The van der Waals surface area contributed by atoms with Crippen molar-refractivity contribution in [2.75, 3.05) is 13.7 Å². The normalized spacial score (nSPS) is 9.95. The SMILES string of the molecule is COc1ccc(COc2cccc(CCN)c2)cc1C#N. The van der Waals surface area contributed by atoms with Crippen molar-refractivity contribution in [3.8, 4) is 17.6 Å². The summed E-state index contributed by atoms with van der Waals surface area (Å²) in [4.78, 5) is 0. The van der Waals surface area contributed by atoms with Crippen molar-refractivity contribution < 1.29 is 9.47 Å². The Kier molecular flexibility index (Phi) is 5.19. The van der Waals surface area contributed by atoms with E-state index in [-0.39, 0.29) is 0 Å². The molecule has 0 aromatic heterocycles. The van der Waals surface area contributed by atoms with Crippen LogP contribution in [0.5, 0.6) is 11.5 Å². The number of methoxy groups -OCH3 is 1. The maximum absolute atomic E-state index is 9.07. The molecule has 0 saturated heterocycles. The number of ether oxygens (including phenoxy) is 2. The summed E-state index contributed by atoms with van der Waals surface area (Å²) in [6.45, 7) is 1.03. The Hall–Kier alpha value is -2.51. The van der Waals surface area contributed by atoms with Gasteiger partial charge in [0.1, 0.15) is 24.2 Å². The summed E-state index contributed by atoms with van der Waals surface area (Å²) in [5.41, 5.74) is 8.14. The zero-order valence-corrected chi connectivity index (χ0v) is 12.0. The molecule has 0 heterocycles. The lowest BCUT2D eigenvalue weighted by molar-refractivity contribution is 0.305.